The van der Waals surface area contributed by atoms with Crippen LogP contribution >= 0.6 is 23.2 Å². The standard InChI is InChI=1S/C13H13Cl2N3/c1-7-8(2)17-13(18-11(7)6-16)9-4-3-5-10(14)12(9)15/h3-5H,6,16H2,1-2H3. The molecule has 0 atom stereocenters. The summed E-state index contributed by atoms with van der Waals surface area (Å²) < 4.78 is 0. The Morgan fingerprint density at radius 1 is 1.17 bits per heavy atom. The lowest BCUT2D eigenvalue weighted by molar-refractivity contribution is 0.926. The summed E-state index contributed by atoms with van der Waals surface area (Å²) in [5, 5.41) is 0.954. The summed E-state index contributed by atoms with van der Waals surface area (Å²) in [7, 11) is 0. The number of nitrogens with zero attached hydrogens (tertiary/aromatic N) is 2. The van der Waals surface area contributed by atoms with Crippen molar-refractivity contribution in [3.63, 3.8) is 0 Å². The van der Waals surface area contributed by atoms with Crippen LogP contribution in [0.2, 0.25) is 10.0 Å². The van der Waals surface area contributed by atoms with E-state index < -0.39 is 0 Å². The lowest BCUT2D eigenvalue weighted by Gasteiger charge is -2.10. The van der Waals surface area contributed by atoms with Gasteiger partial charge in [-0.25, -0.2) is 9.97 Å². The van der Waals surface area contributed by atoms with Gasteiger partial charge in [-0.2, -0.15) is 0 Å². The molecule has 0 bridgehead atoms. The highest BCUT2D eigenvalue weighted by molar-refractivity contribution is 6.43. The van der Waals surface area contributed by atoms with Gasteiger partial charge < -0.3 is 5.73 Å². The Morgan fingerprint density at radius 3 is 2.56 bits per heavy atom. The van der Waals surface area contributed by atoms with Crippen molar-refractivity contribution < 1.29 is 0 Å². The lowest BCUT2D eigenvalue weighted by Crippen LogP contribution is -2.07. The first kappa shape index (κ1) is 13.3. The molecular weight excluding hydrogens is 269 g/mol. The maximum atomic E-state index is 6.17. The minimum absolute atomic E-state index is 0.375. The first-order valence-corrected chi connectivity index (χ1v) is 6.28. The Kier molecular flexibility index (Phi) is 3.85. The monoisotopic (exact) mass is 281 g/mol. The molecule has 2 rings (SSSR count). The van der Waals surface area contributed by atoms with Crippen LogP contribution < -0.4 is 5.73 Å². The number of rotatable bonds is 2. The van der Waals surface area contributed by atoms with E-state index in [-0.39, 0.29) is 0 Å². The van der Waals surface area contributed by atoms with E-state index in [1.807, 2.05) is 26.0 Å². The molecule has 0 aliphatic carbocycles. The van der Waals surface area contributed by atoms with E-state index in [0.717, 1.165) is 22.5 Å². The topological polar surface area (TPSA) is 51.8 Å². The van der Waals surface area contributed by atoms with Crippen molar-refractivity contribution in [2.24, 2.45) is 5.73 Å². The zero-order valence-corrected chi connectivity index (χ0v) is 11.7. The second-order valence-electron chi connectivity index (χ2n) is 4.01. The van der Waals surface area contributed by atoms with Crippen LogP contribution in [-0.4, -0.2) is 9.97 Å². The molecule has 0 spiro atoms. The van der Waals surface area contributed by atoms with Crippen LogP contribution in [0.1, 0.15) is 17.0 Å². The number of hydrogen-bond acceptors (Lipinski definition) is 3. The predicted molar refractivity (Wildman–Crippen MR) is 74.9 cm³/mol. The van der Waals surface area contributed by atoms with Gasteiger partial charge in [0.2, 0.25) is 0 Å². The van der Waals surface area contributed by atoms with E-state index >= 15 is 0 Å². The molecule has 0 unspecified atom stereocenters. The Bertz CT molecular complexity index is 597. The maximum Gasteiger partial charge on any atom is 0.161 e. The zero-order valence-electron chi connectivity index (χ0n) is 10.2. The van der Waals surface area contributed by atoms with Crippen molar-refractivity contribution in [1.82, 2.24) is 9.97 Å². The van der Waals surface area contributed by atoms with Gasteiger partial charge in [0.15, 0.2) is 5.82 Å². The number of aryl methyl sites for hydroxylation is 1. The number of aromatic nitrogens is 2. The lowest BCUT2D eigenvalue weighted by atomic mass is 10.1. The summed E-state index contributed by atoms with van der Waals surface area (Å²) in [4.78, 5) is 8.89. The van der Waals surface area contributed by atoms with Crippen LogP contribution in [0, 0.1) is 13.8 Å². The number of halogens is 2. The predicted octanol–water partition coefficient (Wildman–Crippen LogP) is 3.53. The first-order valence-electron chi connectivity index (χ1n) is 5.53. The van der Waals surface area contributed by atoms with Crippen LogP contribution in [0.4, 0.5) is 0 Å². The largest absolute Gasteiger partial charge is 0.325 e. The molecule has 94 valence electrons. The molecular formula is C13H13Cl2N3. The number of nitrogens with two attached hydrogens (primary N) is 1. The Hall–Kier alpha value is -1.16. The first-order chi connectivity index (χ1) is 8.54. The van der Waals surface area contributed by atoms with Crippen LogP contribution in [0.5, 0.6) is 0 Å². The molecule has 1 aromatic carbocycles. The van der Waals surface area contributed by atoms with Crippen molar-refractivity contribution in [2.75, 3.05) is 0 Å². The number of hydrogen-bond donors (Lipinski definition) is 1. The van der Waals surface area contributed by atoms with E-state index in [2.05, 4.69) is 9.97 Å². The fourth-order valence-corrected chi connectivity index (χ4v) is 2.07. The summed E-state index contributed by atoms with van der Waals surface area (Å²) in [5.74, 6) is 0.561. The van der Waals surface area contributed by atoms with Gasteiger partial charge in [0.05, 0.1) is 15.7 Å². The minimum atomic E-state index is 0.375. The van der Waals surface area contributed by atoms with Crippen molar-refractivity contribution in [3.8, 4) is 11.4 Å². The third-order valence-corrected chi connectivity index (χ3v) is 3.69. The fourth-order valence-electron chi connectivity index (χ4n) is 1.68. The molecule has 3 nitrogen and oxygen atoms in total. The van der Waals surface area contributed by atoms with Gasteiger partial charge in [-0.05, 0) is 31.5 Å². The summed E-state index contributed by atoms with van der Waals surface area (Å²) >= 11 is 12.2. The van der Waals surface area contributed by atoms with Gasteiger partial charge in [0, 0.05) is 17.8 Å². The van der Waals surface area contributed by atoms with Gasteiger partial charge in [-0.3, -0.25) is 0 Å². The third kappa shape index (κ3) is 2.34. The average molecular weight is 282 g/mol. The van der Waals surface area contributed by atoms with Gasteiger partial charge in [0.1, 0.15) is 0 Å². The van der Waals surface area contributed by atoms with Gasteiger partial charge in [-0.1, -0.05) is 29.3 Å². The van der Waals surface area contributed by atoms with Crippen LogP contribution in [0.15, 0.2) is 18.2 Å². The Balaban J connectivity index is 2.64. The molecule has 0 aliphatic heterocycles. The molecule has 2 N–H and O–H groups in total. The van der Waals surface area contributed by atoms with Crippen LogP contribution in [0.3, 0.4) is 0 Å². The molecule has 0 amide bonds. The highest BCUT2D eigenvalue weighted by Crippen LogP contribution is 2.32. The molecule has 18 heavy (non-hydrogen) atoms. The summed E-state index contributed by atoms with van der Waals surface area (Å²) in [5.41, 5.74) is 9.15. The molecule has 2 aromatic rings. The fraction of sp³-hybridized carbons (Fsp3) is 0.231. The molecule has 0 saturated carbocycles. The molecule has 1 aromatic heterocycles. The van der Waals surface area contributed by atoms with E-state index in [4.69, 9.17) is 28.9 Å². The van der Waals surface area contributed by atoms with Gasteiger partial charge in [0.25, 0.3) is 0 Å². The van der Waals surface area contributed by atoms with Crippen molar-refractivity contribution in [1.29, 1.82) is 0 Å². The van der Waals surface area contributed by atoms with Crippen molar-refractivity contribution >= 4 is 23.2 Å². The van der Waals surface area contributed by atoms with E-state index in [1.165, 1.54) is 0 Å². The zero-order chi connectivity index (χ0) is 13.3. The molecule has 0 radical (unpaired) electrons. The van der Waals surface area contributed by atoms with Crippen molar-refractivity contribution in [2.45, 2.75) is 20.4 Å². The smallest absolute Gasteiger partial charge is 0.161 e. The molecule has 5 heteroatoms. The van der Waals surface area contributed by atoms with Gasteiger partial charge in [-0.15, -0.1) is 0 Å². The Morgan fingerprint density at radius 2 is 1.89 bits per heavy atom. The third-order valence-electron chi connectivity index (χ3n) is 2.88. The summed E-state index contributed by atoms with van der Waals surface area (Å²) in [6, 6.07) is 5.40. The summed E-state index contributed by atoms with van der Waals surface area (Å²) in [6.07, 6.45) is 0. The molecule has 0 saturated heterocycles. The minimum Gasteiger partial charge on any atom is -0.325 e. The summed E-state index contributed by atoms with van der Waals surface area (Å²) in [6.45, 7) is 4.26. The Labute approximate surface area is 116 Å². The van der Waals surface area contributed by atoms with E-state index in [9.17, 15) is 0 Å². The molecule has 0 aliphatic rings. The van der Waals surface area contributed by atoms with Crippen LogP contribution in [-0.2, 0) is 6.54 Å². The van der Waals surface area contributed by atoms with E-state index in [0.29, 0.717) is 22.4 Å². The number of benzene rings is 1. The van der Waals surface area contributed by atoms with E-state index in [1.54, 1.807) is 6.07 Å². The molecule has 1 heterocycles. The van der Waals surface area contributed by atoms with Gasteiger partial charge >= 0.3 is 0 Å². The maximum absolute atomic E-state index is 6.17. The second-order valence-corrected chi connectivity index (χ2v) is 4.79. The average Bonchev–Trinajstić information content (AvgIpc) is 2.36. The quantitative estimate of drug-likeness (QED) is 0.916. The highest BCUT2D eigenvalue weighted by Gasteiger charge is 2.12. The van der Waals surface area contributed by atoms with Crippen LogP contribution in [0.25, 0.3) is 11.4 Å². The van der Waals surface area contributed by atoms with Crippen molar-refractivity contribution in [3.05, 3.63) is 45.2 Å². The SMILES string of the molecule is Cc1nc(-c2cccc(Cl)c2Cl)nc(CN)c1C. The highest BCUT2D eigenvalue weighted by atomic mass is 35.5. The second kappa shape index (κ2) is 5.22. The normalized spacial score (nSPS) is 10.7. The molecule has 0 fully saturated rings.